The number of benzene rings is 1. The number of halogens is 1. The predicted octanol–water partition coefficient (Wildman–Crippen LogP) is 1.95. The Kier molecular flexibility index (Phi) is 1.93. The quantitative estimate of drug-likeness (QED) is 0.637. The Bertz CT molecular complexity index is 436. The third-order valence-electron chi connectivity index (χ3n) is 2.12. The molecule has 0 bridgehead atoms. The van der Waals surface area contributed by atoms with Crippen molar-refractivity contribution in [2.24, 2.45) is 0 Å². The van der Waals surface area contributed by atoms with E-state index in [0.29, 0.717) is 5.56 Å². The fourth-order valence-electron chi connectivity index (χ4n) is 1.51. The first-order valence-electron chi connectivity index (χ1n) is 4.10. The Balaban J connectivity index is 2.50. The van der Waals surface area contributed by atoms with Crippen molar-refractivity contribution < 1.29 is 13.9 Å². The number of hydrogen-bond donors (Lipinski definition) is 0. The zero-order valence-electron chi connectivity index (χ0n) is 7.16. The molecule has 0 aromatic heterocycles. The number of carbonyl (C=O) groups excluding carboxylic acids is 1. The van der Waals surface area contributed by atoms with Crippen LogP contribution in [0.5, 0.6) is 0 Å². The van der Waals surface area contributed by atoms with Gasteiger partial charge in [-0.25, -0.2) is 9.18 Å². The normalized spacial score (nSPS) is 18.6. The minimum atomic E-state index is -0.682. The average molecular weight is 191 g/mol. The number of ether oxygens (including phenoxy) is 1. The number of cyclic esters (lactones) is 1. The smallest absolute Gasteiger partial charge is 0.342 e. The fraction of sp³-hybridized carbons (Fsp3) is 0.200. The molecule has 2 rings (SSSR count). The first-order chi connectivity index (χ1) is 6.74. The highest BCUT2D eigenvalue weighted by Gasteiger charge is 2.33. The average Bonchev–Trinajstić information content (AvgIpc) is 2.46. The SMILES string of the molecule is N#CC[C@H]1OC(=O)c2c(F)cccc21. The van der Waals surface area contributed by atoms with Gasteiger partial charge in [-0.3, -0.25) is 0 Å². The molecule has 1 aliphatic heterocycles. The van der Waals surface area contributed by atoms with Gasteiger partial charge in [-0.05, 0) is 6.07 Å². The Morgan fingerprint density at radius 2 is 2.36 bits per heavy atom. The highest BCUT2D eigenvalue weighted by atomic mass is 19.1. The van der Waals surface area contributed by atoms with Crippen LogP contribution in [0.1, 0.15) is 28.4 Å². The molecule has 0 spiro atoms. The highest BCUT2D eigenvalue weighted by Crippen LogP contribution is 2.33. The number of nitriles is 1. The molecule has 1 heterocycles. The van der Waals surface area contributed by atoms with Crippen molar-refractivity contribution in [3.05, 3.63) is 35.1 Å². The summed E-state index contributed by atoms with van der Waals surface area (Å²) in [5, 5.41) is 8.47. The lowest BCUT2D eigenvalue weighted by Crippen LogP contribution is -1.98. The van der Waals surface area contributed by atoms with E-state index in [0.717, 1.165) is 0 Å². The molecule has 1 aliphatic rings. The van der Waals surface area contributed by atoms with Crippen molar-refractivity contribution in [3.63, 3.8) is 0 Å². The summed E-state index contributed by atoms with van der Waals surface area (Å²) >= 11 is 0. The lowest BCUT2D eigenvalue weighted by atomic mass is 10.0. The van der Waals surface area contributed by atoms with Gasteiger partial charge >= 0.3 is 5.97 Å². The fourth-order valence-corrected chi connectivity index (χ4v) is 1.51. The van der Waals surface area contributed by atoms with Gasteiger partial charge in [0.25, 0.3) is 0 Å². The van der Waals surface area contributed by atoms with Crippen LogP contribution in [0.15, 0.2) is 18.2 Å². The first-order valence-corrected chi connectivity index (χ1v) is 4.10. The molecule has 0 unspecified atom stereocenters. The van der Waals surface area contributed by atoms with Gasteiger partial charge in [-0.1, -0.05) is 12.1 Å². The molecule has 0 saturated heterocycles. The molecule has 3 nitrogen and oxygen atoms in total. The molecule has 0 aliphatic carbocycles. The zero-order valence-corrected chi connectivity index (χ0v) is 7.16. The minimum Gasteiger partial charge on any atom is -0.453 e. The largest absolute Gasteiger partial charge is 0.453 e. The Labute approximate surface area is 79.7 Å². The van der Waals surface area contributed by atoms with Crippen molar-refractivity contribution in [2.75, 3.05) is 0 Å². The van der Waals surface area contributed by atoms with Crippen LogP contribution in [0.4, 0.5) is 4.39 Å². The van der Waals surface area contributed by atoms with E-state index in [9.17, 15) is 9.18 Å². The number of nitrogens with zero attached hydrogens (tertiary/aromatic N) is 1. The van der Waals surface area contributed by atoms with E-state index in [1.165, 1.54) is 12.1 Å². The van der Waals surface area contributed by atoms with Crippen LogP contribution in [0.3, 0.4) is 0 Å². The molecular weight excluding hydrogens is 185 g/mol. The van der Waals surface area contributed by atoms with E-state index >= 15 is 0 Å². The van der Waals surface area contributed by atoms with Crippen molar-refractivity contribution in [3.8, 4) is 6.07 Å². The summed E-state index contributed by atoms with van der Waals surface area (Å²) in [5.41, 5.74) is 0.435. The number of esters is 1. The standard InChI is InChI=1S/C10H6FNO2/c11-7-3-1-2-6-8(4-5-12)14-10(13)9(6)7/h1-3,8H,4H2/t8-/m1/s1. The molecule has 4 heteroatoms. The van der Waals surface area contributed by atoms with Gasteiger partial charge in [-0.15, -0.1) is 0 Å². The third kappa shape index (κ3) is 1.14. The maximum atomic E-state index is 13.2. The Morgan fingerprint density at radius 1 is 1.57 bits per heavy atom. The monoisotopic (exact) mass is 191 g/mol. The predicted molar refractivity (Wildman–Crippen MR) is 44.8 cm³/mol. The molecular formula is C10H6FNO2. The Hall–Kier alpha value is -1.89. The zero-order chi connectivity index (χ0) is 10.1. The van der Waals surface area contributed by atoms with Gasteiger partial charge in [0.15, 0.2) is 0 Å². The van der Waals surface area contributed by atoms with E-state index < -0.39 is 17.9 Å². The molecule has 14 heavy (non-hydrogen) atoms. The van der Waals surface area contributed by atoms with E-state index in [-0.39, 0.29) is 12.0 Å². The van der Waals surface area contributed by atoms with Crippen LogP contribution < -0.4 is 0 Å². The number of carbonyl (C=O) groups is 1. The lowest BCUT2D eigenvalue weighted by molar-refractivity contribution is 0.0393. The minimum absolute atomic E-state index is 0.0345. The second-order valence-electron chi connectivity index (χ2n) is 2.96. The van der Waals surface area contributed by atoms with Gasteiger partial charge in [0, 0.05) is 5.56 Å². The summed E-state index contributed by atoms with van der Waals surface area (Å²) in [6.07, 6.45) is -0.555. The third-order valence-corrected chi connectivity index (χ3v) is 2.12. The highest BCUT2D eigenvalue weighted by molar-refractivity contribution is 5.94. The maximum Gasteiger partial charge on any atom is 0.342 e. The molecule has 1 aromatic rings. The number of fused-ring (bicyclic) bond motifs is 1. The van der Waals surface area contributed by atoms with Crippen LogP contribution in [-0.2, 0) is 4.74 Å². The van der Waals surface area contributed by atoms with Crippen LogP contribution >= 0.6 is 0 Å². The van der Waals surface area contributed by atoms with Crippen LogP contribution in [-0.4, -0.2) is 5.97 Å². The molecule has 0 N–H and O–H groups in total. The van der Waals surface area contributed by atoms with E-state index in [1.54, 1.807) is 6.07 Å². The van der Waals surface area contributed by atoms with Crippen molar-refractivity contribution >= 4 is 5.97 Å². The summed E-state index contributed by atoms with van der Waals surface area (Å²) in [7, 11) is 0. The molecule has 1 aromatic carbocycles. The van der Waals surface area contributed by atoms with Crippen molar-refractivity contribution in [2.45, 2.75) is 12.5 Å². The topological polar surface area (TPSA) is 50.1 Å². The van der Waals surface area contributed by atoms with Gasteiger partial charge in [0.1, 0.15) is 17.5 Å². The molecule has 0 amide bonds. The lowest BCUT2D eigenvalue weighted by Gasteiger charge is -2.03. The first kappa shape index (κ1) is 8.70. The molecule has 1 atom stereocenters. The maximum absolute atomic E-state index is 13.2. The summed E-state index contributed by atoms with van der Waals surface area (Å²) in [4.78, 5) is 11.2. The summed E-state index contributed by atoms with van der Waals surface area (Å²) in [6, 6.07) is 6.20. The van der Waals surface area contributed by atoms with Gasteiger partial charge in [-0.2, -0.15) is 5.26 Å². The van der Waals surface area contributed by atoms with Gasteiger partial charge in [0.2, 0.25) is 0 Å². The Morgan fingerprint density at radius 3 is 3.07 bits per heavy atom. The van der Waals surface area contributed by atoms with Crippen molar-refractivity contribution in [1.82, 2.24) is 0 Å². The van der Waals surface area contributed by atoms with Crippen LogP contribution in [0.2, 0.25) is 0 Å². The van der Waals surface area contributed by atoms with E-state index in [4.69, 9.17) is 10.00 Å². The van der Waals surface area contributed by atoms with Crippen molar-refractivity contribution in [1.29, 1.82) is 5.26 Å². The van der Waals surface area contributed by atoms with E-state index in [1.807, 2.05) is 6.07 Å². The summed E-state index contributed by atoms with van der Waals surface area (Å²) in [6.45, 7) is 0. The van der Waals surface area contributed by atoms with Crippen LogP contribution in [0.25, 0.3) is 0 Å². The summed E-state index contributed by atoms with van der Waals surface area (Å²) < 4.78 is 18.0. The molecule has 0 radical (unpaired) electrons. The number of rotatable bonds is 1. The van der Waals surface area contributed by atoms with Gasteiger partial charge < -0.3 is 4.74 Å². The second kappa shape index (κ2) is 3.11. The second-order valence-corrected chi connectivity index (χ2v) is 2.96. The van der Waals surface area contributed by atoms with Gasteiger partial charge in [0.05, 0.1) is 12.5 Å². The molecule has 0 fully saturated rings. The van der Waals surface area contributed by atoms with Crippen LogP contribution in [0, 0.1) is 17.1 Å². The summed E-state index contributed by atoms with van der Waals surface area (Å²) in [5.74, 6) is -1.27. The number of hydrogen-bond acceptors (Lipinski definition) is 3. The molecule has 0 saturated carbocycles. The molecule has 70 valence electrons. The van der Waals surface area contributed by atoms with E-state index in [2.05, 4.69) is 0 Å².